The molecule has 1 unspecified atom stereocenters. The first-order valence-corrected chi connectivity index (χ1v) is 9.04. The second kappa shape index (κ2) is 9.79. The number of aryl methyl sites for hydroxylation is 1. The zero-order chi connectivity index (χ0) is 16.5. The zero-order valence-electron chi connectivity index (χ0n) is 12.9. The van der Waals surface area contributed by atoms with E-state index in [-0.39, 0.29) is 11.8 Å². The molecule has 122 valence electrons. The maximum Gasteiger partial charge on any atom is 0.327 e. The number of carbonyl (C=O) groups excluding carboxylic acids is 1. The van der Waals surface area contributed by atoms with Crippen LogP contribution >= 0.6 is 24.4 Å². The maximum atomic E-state index is 12.0. The molecule has 0 aliphatic rings. The fourth-order valence-corrected chi connectivity index (χ4v) is 3.27. The van der Waals surface area contributed by atoms with E-state index in [0.29, 0.717) is 17.9 Å². The number of carboxylic acid groups (broad SMARTS) is 1. The summed E-state index contributed by atoms with van der Waals surface area (Å²) in [5.74, 6) is 0.0132. The van der Waals surface area contributed by atoms with Crippen LogP contribution in [0.15, 0.2) is 24.3 Å². The SMILES string of the molecule is CCC(CS)C(=O)N[C@@H](CSCc1ccc(C)cc1)C(=O)O. The molecule has 0 saturated carbocycles. The number of amides is 1. The van der Waals surface area contributed by atoms with E-state index in [4.69, 9.17) is 0 Å². The maximum absolute atomic E-state index is 12.0. The Morgan fingerprint density at radius 1 is 1.32 bits per heavy atom. The second-order valence-electron chi connectivity index (χ2n) is 5.19. The molecule has 4 nitrogen and oxygen atoms in total. The molecule has 1 amide bonds. The van der Waals surface area contributed by atoms with E-state index in [0.717, 1.165) is 11.3 Å². The standard InChI is InChI=1S/C16H23NO3S2/c1-3-13(8-21)15(18)17-14(16(19)20)10-22-9-12-6-4-11(2)5-7-12/h4-7,13-14,21H,3,8-10H2,1-2H3,(H,17,18)(H,19,20)/t13?,14-/m0/s1. The van der Waals surface area contributed by atoms with Gasteiger partial charge in [-0.05, 0) is 18.9 Å². The fourth-order valence-electron chi connectivity index (χ4n) is 1.84. The molecule has 2 atom stereocenters. The Morgan fingerprint density at radius 2 is 1.95 bits per heavy atom. The molecule has 1 rings (SSSR count). The summed E-state index contributed by atoms with van der Waals surface area (Å²) in [6, 6.07) is 7.27. The number of hydrogen-bond acceptors (Lipinski definition) is 4. The summed E-state index contributed by atoms with van der Waals surface area (Å²) in [4.78, 5) is 23.2. The number of hydrogen-bond donors (Lipinski definition) is 3. The number of rotatable bonds is 9. The summed E-state index contributed by atoms with van der Waals surface area (Å²) < 4.78 is 0. The van der Waals surface area contributed by atoms with Crippen molar-refractivity contribution in [3.05, 3.63) is 35.4 Å². The summed E-state index contributed by atoms with van der Waals surface area (Å²) >= 11 is 5.63. The molecule has 0 aliphatic carbocycles. The topological polar surface area (TPSA) is 66.4 Å². The molecule has 0 heterocycles. The van der Waals surface area contributed by atoms with Crippen molar-refractivity contribution in [1.82, 2.24) is 5.32 Å². The lowest BCUT2D eigenvalue weighted by atomic mass is 10.1. The van der Waals surface area contributed by atoms with Crippen molar-refractivity contribution in [2.75, 3.05) is 11.5 Å². The average Bonchev–Trinajstić information content (AvgIpc) is 2.49. The Balaban J connectivity index is 2.49. The minimum atomic E-state index is -1.00. The Hall–Kier alpha value is -1.14. The third kappa shape index (κ3) is 6.32. The van der Waals surface area contributed by atoms with Gasteiger partial charge in [0.25, 0.3) is 0 Å². The van der Waals surface area contributed by atoms with E-state index >= 15 is 0 Å². The van der Waals surface area contributed by atoms with Gasteiger partial charge in [0.1, 0.15) is 6.04 Å². The van der Waals surface area contributed by atoms with Gasteiger partial charge in [-0.15, -0.1) is 0 Å². The van der Waals surface area contributed by atoms with E-state index < -0.39 is 12.0 Å². The van der Waals surface area contributed by atoms with Gasteiger partial charge >= 0.3 is 5.97 Å². The molecular weight excluding hydrogens is 318 g/mol. The summed E-state index contributed by atoms with van der Waals surface area (Å²) in [6.07, 6.45) is 0.651. The van der Waals surface area contributed by atoms with Crippen molar-refractivity contribution >= 4 is 36.3 Å². The van der Waals surface area contributed by atoms with Crippen molar-refractivity contribution in [1.29, 1.82) is 0 Å². The number of aliphatic carboxylic acids is 1. The molecular formula is C16H23NO3S2. The lowest BCUT2D eigenvalue weighted by Crippen LogP contribution is -2.45. The van der Waals surface area contributed by atoms with E-state index in [9.17, 15) is 14.7 Å². The van der Waals surface area contributed by atoms with Crippen molar-refractivity contribution in [3.63, 3.8) is 0 Å². The molecule has 0 spiro atoms. The lowest BCUT2D eigenvalue weighted by Gasteiger charge is -2.18. The number of nitrogens with one attached hydrogen (secondary N) is 1. The Bertz CT molecular complexity index is 487. The van der Waals surface area contributed by atoms with Crippen LogP contribution in [0.2, 0.25) is 0 Å². The van der Waals surface area contributed by atoms with Gasteiger partial charge in [-0.25, -0.2) is 4.79 Å². The van der Waals surface area contributed by atoms with Gasteiger partial charge < -0.3 is 10.4 Å². The first-order valence-electron chi connectivity index (χ1n) is 7.25. The van der Waals surface area contributed by atoms with Crippen LogP contribution < -0.4 is 5.32 Å². The zero-order valence-corrected chi connectivity index (χ0v) is 14.6. The highest BCUT2D eigenvalue weighted by Crippen LogP contribution is 2.15. The summed E-state index contributed by atoms with van der Waals surface area (Å²) in [6.45, 7) is 3.92. The van der Waals surface area contributed by atoms with Crippen molar-refractivity contribution in [2.45, 2.75) is 32.1 Å². The molecule has 0 saturated heterocycles. The van der Waals surface area contributed by atoms with E-state index in [1.54, 1.807) is 0 Å². The molecule has 0 bridgehead atoms. The van der Waals surface area contributed by atoms with Gasteiger partial charge in [-0.3, -0.25) is 4.79 Å². The van der Waals surface area contributed by atoms with Crippen LogP contribution in [-0.4, -0.2) is 34.5 Å². The number of benzene rings is 1. The third-order valence-corrected chi connectivity index (χ3v) is 4.92. The Labute approximate surface area is 141 Å². The van der Waals surface area contributed by atoms with Crippen molar-refractivity contribution in [3.8, 4) is 0 Å². The molecule has 0 aromatic heterocycles. The fraction of sp³-hybridized carbons (Fsp3) is 0.500. The van der Waals surface area contributed by atoms with Gasteiger partial charge in [0.2, 0.25) is 5.91 Å². The van der Waals surface area contributed by atoms with Crippen LogP contribution in [0.25, 0.3) is 0 Å². The number of thiol groups is 1. The van der Waals surface area contributed by atoms with Gasteiger partial charge in [0.15, 0.2) is 0 Å². The van der Waals surface area contributed by atoms with Gasteiger partial charge in [-0.2, -0.15) is 24.4 Å². The highest BCUT2D eigenvalue weighted by atomic mass is 32.2. The molecule has 1 aromatic rings. The van der Waals surface area contributed by atoms with Gasteiger partial charge in [0, 0.05) is 23.2 Å². The number of carboxylic acids is 1. The normalized spacial score (nSPS) is 13.4. The molecule has 0 radical (unpaired) electrons. The predicted molar refractivity (Wildman–Crippen MR) is 94.5 cm³/mol. The number of carbonyl (C=O) groups is 2. The van der Waals surface area contributed by atoms with Crippen LogP contribution in [0.1, 0.15) is 24.5 Å². The molecule has 2 N–H and O–H groups in total. The van der Waals surface area contributed by atoms with Gasteiger partial charge in [0.05, 0.1) is 0 Å². The molecule has 1 aromatic carbocycles. The largest absolute Gasteiger partial charge is 0.480 e. The molecule has 22 heavy (non-hydrogen) atoms. The van der Waals surface area contributed by atoms with E-state index in [1.807, 2.05) is 38.1 Å². The summed E-state index contributed by atoms with van der Waals surface area (Å²) in [5.41, 5.74) is 2.34. The monoisotopic (exact) mass is 341 g/mol. The highest BCUT2D eigenvalue weighted by Gasteiger charge is 2.23. The second-order valence-corrected chi connectivity index (χ2v) is 6.58. The van der Waals surface area contributed by atoms with Crippen LogP contribution in [-0.2, 0) is 15.3 Å². The van der Waals surface area contributed by atoms with Crippen LogP contribution in [0.5, 0.6) is 0 Å². The minimum absolute atomic E-state index is 0.235. The Kier molecular flexibility index (Phi) is 8.42. The minimum Gasteiger partial charge on any atom is -0.480 e. The predicted octanol–water partition coefficient (Wildman–Crippen LogP) is 2.75. The van der Waals surface area contributed by atoms with Crippen molar-refractivity contribution in [2.24, 2.45) is 5.92 Å². The molecule has 0 aliphatic heterocycles. The van der Waals surface area contributed by atoms with Crippen LogP contribution in [0.4, 0.5) is 0 Å². The quantitative estimate of drug-likeness (QED) is 0.604. The lowest BCUT2D eigenvalue weighted by molar-refractivity contribution is -0.141. The first kappa shape index (κ1) is 18.9. The molecule has 0 fully saturated rings. The third-order valence-electron chi connectivity index (χ3n) is 3.37. The smallest absolute Gasteiger partial charge is 0.327 e. The first-order chi connectivity index (χ1) is 10.5. The van der Waals surface area contributed by atoms with E-state index in [2.05, 4.69) is 17.9 Å². The van der Waals surface area contributed by atoms with Crippen LogP contribution in [0, 0.1) is 12.8 Å². The Morgan fingerprint density at radius 3 is 2.45 bits per heavy atom. The number of thioether (sulfide) groups is 1. The summed E-state index contributed by atoms with van der Waals surface area (Å²) in [7, 11) is 0. The molecule has 6 heteroatoms. The summed E-state index contributed by atoms with van der Waals surface area (Å²) in [5, 5.41) is 11.8. The van der Waals surface area contributed by atoms with Crippen molar-refractivity contribution < 1.29 is 14.7 Å². The average molecular weight is 341 g/mol. The highest BCUT2D eigenvalue weighted by molar-refractivity contribution is 7.98. The van der Waals surface area contributed by atoms with Gasteiger partial charge in [-0.1, -0.05) is 36.8 Å². The van der Waals surface area contributed by atoms with Crippen LogP contribution in [0.3, 0.4) is 0 Å². The van der Waals surface area contributed by atoms with E-state index in [1.165, 1.54) is 17.3 Å².